The Hall–Kier alpha value is -0.120. The summed E-state index contributed by atoms with van der Waals surface area (Å²) in [6.45, 7) is 7.21. The van der Waals surface area contributed by atoms with Crippen LogP contribution in [0.15, 0.2) is 0 Å². The molecule has 2 N–H and O–H groups in total. The molecule has 2 unspecified atom stereocenters. The molecular weight excluding hydrogens is 188 g/mol. The van der Waals surface area contributed by atoms with E-state index in [0.717, 1.165) is 19.1 Å². The molecule has 1 saturated carbocycles. The average molecular weight is 214 g/mol. The third-order valence-corrected chi connectivity index (χ3v) is 3.08. The summed E-state index contributed by atoms with van der Waals surface area (Å²) in [7, 11) is 2.17. The van der Waals surface area contributed by atoms with Crippen molar-refractivity contribution in [3.05, 3.63) is 0 Å². The van der Waals surface area contributed by atoms with Crippen LogP contribution in [0.1, 0.15) is 33.1 Å². The molecule has 1 rings (SSSR count). The first-order valence-electron chi connectivity index (χ1n) is 6.13. The highest BCUT2D eigenvalue weighted by molar-refractivity contribution is 4.79. The lowest BCUT2D eigenvalue weighted by Gasteiger charge is -2.21. The van der Waals surface area contributed by atoms with E-state index in [9.17, 15) is 0 Å². The van der Waals surface area contributed by atoms with Crippen LogP contribution in [-0.4, -0.2) is 43.8 Å². The zero-order valence-electron chi connectivity index (χ0n) is 10.4. The van der Waals surface area contributed by atoms with Crippen molar-refractivity contribution >= 4 is 0 Å². The molecule has 15 heavy (non-hydrogen) atoms. The Bertz CT molecular complexity index is 173. The fourth-order valence-electron chi connectivity index (χ4n) is 2.26. The highest BCUT2D eigenvalue weighted by Crippen LogP contribution is 2.24. The van der Waals surface area contributed by atoms with E-state index in [1.54, 1.807) is 0 Å². The van der Waals surface area contributed by atoms with E-state index in [-0.39, 0.29) is 0 Å². The molecule has 90 valence electrons. The molecule has 1 aliphatic rings. The Balaban J connectivity index is 2.05. The van der Waals surface area contributed by atoms with E-state index in [1.165, 1.54) is 25.8 Å². The maximum atomic E-state index is 5.90. The summed E-state index contributed by atoms with van der Waals surface area (Å²) in [5.74, 6) is 0.809. The first-order valence-corrected chi connectivity index (χ1v) is 6.13. The molecular formula is C12H26N2O. The molecule has 0 bridgehead atoms. The molecule has 0 heterocycles. The largest absolute Gasteiger partial charge is 0.377 e. The van der Waals surface area contributed by atoms with Crippen molar-refractivity contribution in [3.8, 4) is 0 Å². The lowest BCUT2D eigenvalue weighted by atomic mass is 10.1. The van der Waals surface area contributed by atoms with Crippen LogP contribution in [0.25, 0.3) is 0 Å². The average Bonchev–Trinajstić information content (AvgIpc) is 2.50. The third kappa shape index (κ3) is 5.50. The van der Waals surface area contributed by atoms with E-state index >= 15 is 0 Å². The van der Waals surface area contributed by atoms with Gasteiger partial charge in [0.1, 0.15) is 0 Å². The van der Waals surface area contributed by atoms with Crippen molar-refractivity contribution in [3.63, 3.8) is 0 Å². The van der Waals surface area contributed by atoms with Crippen molar-refractivity contribution in [1.29, 1.82) is 0 Å². The summed E-state index contributed by atoms with van der Waals surface area (Å²) in [6.07, 6.45) is 4.06. The minimum absolute atomic E-state index is 0.346. The van der Waals surface area contributed by atoms with Gasteiger partial charge < -0.3 is 15.4 Å². The third-order valence-electron chi connectivity index (χ3n) is 3.08. The van der Waals surface area contributed by atoms with Crippen LogP contribution in [0, 0.1) is 5.92 Å². The van der Waals surface area contributed by atoms with Gasteiger partial charge in [0.05, 0.1) is 12.7 Å². The summed E-state index contributed by atoms with van der Waals surface area (Å²) >= 11 is 0. The standard InChI is InChI=1S/C12H26N2O/c1-10(2)15-7-6-14(3)9-11-4-5-12(13)8-11/h10-12H,4-9,13H2,1-3H3. The van der Waals surface area contributed by atoms with Gasteiger partial charge in [0.15, 0.2) is 0 Å². The molecule has 3 heteroatoms. The van der Waals surface area contributed by atoms with Crippen LogP contribution in [0.4, 0.5) is 0 Å². The number of hydrogen-bond acceptors (Lipinski definition) is 3. The summed E-state index contributed by atoms with van der Waals surface area (Å²) in [6, 6.07) is 0.454. The minimum Gasteiger partial charge on any atom is -0.377 e. The molecule has 3 nitrogen and oxygen atoms in total. The van der Waals surface area contributed by atoms with Crippen molar-refractivity contribution in [2.75, 3.05) is 26.7 Å². The second kappa shape index (κ2) is 6.46. The van der Waals surface area contributed by atoms with Gasteiger partial charge in [-0.1, -0.05) is 0 Å². The maximum Gasteiger partial charge on any atom is 0.0596 e. The van der Waals surface area contributed by atoms with Crippen LogP contribution >= 0.6 is 0 Å². The van der Waals surface area contributed by atoms with Gasteiger partial charge in [-0.2, -0.15) is 0 Å². The lowest BCUT2D eigenvalue weighted by Crippen LogP contribution is -2.29. The predicted octanol–water partition coefficient (Wildman–Crippen LogP) is 1.47. The number of ether oxygens (including phenoxy) is 1. The number of rotatable bonds is 6. The van der Waals surface area contributed by atoms with Crippen LogP contribution in [0.2, 0.25) is 0 Å². The van der Waals surface area contributed by atoms with Crippen molar-refractivity contribution in [2.24, 2.45) is 11.7 Å². The Morgan fingerprint density at radius 3 is 2.67 bits per heavy atom. The molecule has 0 radical (unpaired) electrons. The second-order valence-electron chi connectivity index (χ2n) is 5.12. The van der Waals surface area contributed by atoms with E-state index in [1.807, 2.05) is 0 Å². The summed E-state index contributed by atoms with van der Waals surface area (Å²) in [5, 5.41) is 0. The summed E-state index contributed by atoms with van der Waals surface area (Å²) < 4.78 is 5.53. The first-order chi connectivity index (χ1) is 7.08. The van der Waals surface area contributed by atoms with Gasteiger partial charge in [-0.3, -0.25) is 0 Å². The smallest absolute Gasteiger partial charge is 0.0596 e. The van der Waals surface area contributed by atoms with Crippen LogP contribution in [0.5, 0.6) is 0 Å². The molecule has 0 saturated heterocycles. The molecule has 0 aromatic rings. The molecule has 0 aromatic carbocycles. The first kappa shape index (κ1) is 12.9. The quantitative estimate of drug-likeness (QED) is 0.727. The van der Waals surface area contributed by atoms with Gasteiger partial charge in [0.25, 0.3) is 0 Å². The lowest BCUT2D eigenvalue weighted by molar-refractivity contribution is 0.0613. The van der Waals surface area contributed by atoms with Gasteiger partial charge in [0, 0.05) is 19.1 Å². The number of nitrogens with zero attached hydrogens (tertiary/aromatic N) is 1. The van der Waals surface area contributed by atoms with Gasteiger partial charge in [-0.15, -0.1) is 0 Å². The monoisotopic (exact) mass is 214 g/mol. The van der Waals surface area contributed by atoms with Crippen LogP contribution in [0.3, 0.4) is 0 Å². The predicted molar refractivity (Wildman–Crippen MR) is 63.9 cm³/mol. The number of hydrogen-bond donors (Lipinski definition) is 1. The van der Waals surface area contributed by atoms with E-state index < -0.39 is 0 Å². The zero-order chi connectivity index (χ0) is 11.3. The van der Waals surface area contributed by atoms with Gasteiger partial charge in [-0.05, 0) is 46.1 Å². The number of nitrogens with two attached hydrogens (primary N) is 1. The van der Waals surface area contributed by atoms with Gasteiger partial charge in [-0.25, -0.2) is 0 Å². The van der Waals surface area contributed by atoms with Gasteiger partial charge in [0.2, 0.25) is 0 Å². The molecule has 0 aromatic heterocycles. The zero-order valence-corrected chi connectivity index (χ0v) is 10.4. The molecule has 1 fully saturated rings. The van der Waals surface area contributed by atoms with Crippen molar-refractivity contribution in [1.82, 2.24) is 4.90 Å². The highest BCUT2D eigenvalue weighted by atomic mass is 16.5. The molecule has 1 aliphatic carbocycles. The summed E-state index contributed by atoms with van der Waals surface area (Å²) in [5.41, 5.74) is 5.90. The molecule has 0 amide bonds. The Morgan fingerprint density at radius 1 is 1.40 bits per heavy atom. The fraction of sp³-hybridized carbons (Fsp3) is 1.00. The van der Waals surface area contributed by atoms with E-state index in [0.29, 0.717) is 12.1 Å². The van der Waals surface area contributed by atoms with E-state index in [4.69, 9.17) is 10.5 Å². The topological polar surface area (TPSA) is 38.5 Å². The Morgan fingerprint density at radius 2 is 2.13 bits per heavy atom. The Kier molecular flexibility index (Phi) is 5.58. The second-order valence-corrected chi connectivity index (χ2v) is 5.12. The minimum atomic E-state index is 0.346. The fourth-order valence-corrected chi connectivity index (χ4v) is 2.26. The highest BCUT2D eigenvalue weighted by Gasteiger charge is 2.22. The molecule has 0 spiro atoms. The van der Waals surface area contributed by atoms with Crippen molar-refractivity contribution in [2.45, 2.75) is 45.3 Å². The summed E-state index contributed by atoms with van der Waals surface area (Å²) in [4.78, 5) is 2.37. The number of likely N-dealkylation sites (N-methyl/N-ethyl adjacent to an activating group) is 1. The van der Waals surface area contributed by atoms with Crippen LogP contribution in [-0.2, 0) is 4.74 Å². The SMILES string of the molecule is CC(C)OCCN(C)CC1CCC(N)C1. The molecule has 0 aliphatic heterocycles. The molecule has 2 atom stereocenters. The van der Waals surface area contributed by atoms with Gasteiger partial charge >= 0.3 is 0 Å². The van der Waals surface area contributed by atoms with E-state index in [2.05, 4.69) is 25.8 Å². The Labute approximate surface area is 94.0 Å². The normalized spacial score (nSPS) is 26.8. The van der Waals surface area contributed by atoms with Crippen LogP contribution < -0.4 is 5.73 Å². The maximum absolute atomic E-state index is 5.90. The van der Waals surface area contributed by atoms with Crippen molar-refractivity contribution < 1.29 is 4.74 Å².